The van der Waals surface area contributed by atoms with Crippen molar-refractivity contribution in [2.75, 3.05) is 20.1 Å². The minimum absolute atomic E-state index is 0.0284. The number of nitrogens with zero attached hydrogens (tertiary/aromatic N) is 1. The van der Waals surface area contributed by atoms with E-state index in [0.29, 0.717) is 25.9 Å². The van der Waals surface area contributed by atoms with E-state index in [0.717, 1.165) is 0 Å². The van der Waals surface area contributed by atoms with Crippen LogP contribution in [0.3, 0.4) is 0 Å². The van der Waals surface area contributed by atoms with Gasteiger partial charge in [0.1, 0.15) is 0 Å². The number of alkyl carbamates (subject to hydrolysis) is 1. The van der Waals surface area contributed by atoms with Crippen LogP contribution in [0.5, 0.6) is 0 Å². The van der Waals surface area contributed by atoms with Crippen molar-refractivity contribution in [3.05, 3.63) is 0 Å². The first kappa shape index (κ1) is 14.5. The summed E-state index contributed by atoms with van der Waals surface area (Å²) in [6.07, 6.45) is 0.364. The summed E-state index contributed by atoms with van der Waals surface area (Å²) in [5.74, 6) is -0.725. The lowest BCUT2D eigenvalue weighted by molar-refractivity contribution is -0.146. The van der Waals surface area contributed by atoms with Gasteiger partial charge in [0.25, 0.3) is 0 Å². The quantitative estimate of drug-likeness (QED) is 0.584. The summed E-state index contributed by atoms with van der Waals surface area (Å²) in [6.45, 7) is 4.80. The molecule has 0 atom stereocenters. The topological polar surface area (TPSA) is 75.7 Å². The van der Waals surface area contributed by atoms with Crippen molar-refractivity contribution in [1.29, 1.82) is 0 Å². The number of piperidine rings is 1. The minimum atomic E-state index is -0.735. The van der Waals surface area contributed by atoms with Crippen LogP contribution in [0.25, 0.3) is 0 Å². The molecule has 0 spiro atoms. The fourth-order valence-corrected chi connectivity index (χ4v) is 1.93. The van der Waals surface area contributed by atoms with E-state index in [9.17, 15) is 14.4 Å². The van der Waals surface area contributed by atoms with Crippen molar-refractivity contribution in [3.63, 3.8) is 0 Å². The van der Waals surface area contributed by atoms with Crippen LogP contribution >= 0.6 is 0 Å². The third-order valence-corrected chi connectivity index (χ3v) is 3.03. The molecule has 1 aliphatic rings. The number of hydrogen-bond donors (Lipinski definition) is 1. The zero-order chi connectivity index (χ0) is 13.7. The summed E-state index contributed by atoms with van der Waals surface area (Å²) in [6, 6.07) is 0. The predicted octanol–water partition coefficient (Wildman–Crippen LogP) is 0.764. The number of ether oxygens (including phenoxy) is 1. The van der Waals surface area contributed by atoms with Gasteiger partial charge in [0.2, 0.25) is 5.91 Å². The Balaban J connectivity index is 2.42. The lowest BCUT2D eigenvalue weighted by Crippen LogP contribution is -2.42. The summed E-state index contributed by atoms with van der Waals surface area (Å²) in [7, 11) is 1.40. The summed E-state index contributed by atoms with van der Waals surface area (Å²) in [5.41, 5.74) is 0. The molecule has 0 aromatic heterocycles. The molecule has 1 rings (SSSR count). The molecule has 2 amide bonds. The highest BCUT2D eigenvalue weighted by molar-refractivity contribution is 5.86. The zero-order valence-corrected chi connectivity index (χ0v) is 11.1. The van der Waals surface area contributed by atoms with Gasteiger partial charge in [0, 0.05) is 26.1 Å². The Kier molecular flexibility index (Phi) is 5.12. The molecule has 102 valence electrons. The van der Waals surface area contributed by atoms with Gasteiger partial charge in [0.05, 0.1) is 5.92 Å². The molecule has 0 saturated carbocycles. The lowest BCUT2D eigenvalue weighted by Gasteiger charge is -2.31. The predicted molar refractivity (Wildman–Crippen MR) is 64.7 cm³/mol. The monoisotopic (exact) mass is 256 g/mol. The normalized spacial score (nSPS) is 16.6. The molecule has 0 aromatic carbocycles. The van der Waals surface area contributed by atoms with Gasteiger partial charge in [-0.25, -0.2) is 4.79 Å². The van der Waals surface area contributed by atoms with Crippen LogP contribution in [-0.2, 0) is 14.3 Å². The van der Waals surface area contributed by atoms with E-state index < -0.39 is 12.1 Å². The number of esters is 1. The van der Waals surface area contributed by atoms with Gasteiger partial charge in [-0.15, -0.1) is 0 Å². The van der Waals surface area contributed by atoms with Crippen LogP contribution in [0.4, 0.5) is 4.79 Å². The number of amides is 2. The standard InChI is InChI=1S/C12H20N2O4/c1-8(2)10(15)14-6-4-9(5-7-14)11(16)18-12(17)13-3/h8-9H,4-7H2,1-3H3,(H,13,17). The molecule has 1 saturated heterocycles. The number of rotatable bonds is 2. The van der Waals surface area contributed by atoms with Crippen LogP contribution < -0.4 is 5.32 Å². The number of carbonyl (C=O) groups excluding carboxylic acids is 3. The van der Waals surface area contributed by atoms with Crippen molar-refractivity contribution in [1.82, 2.24) is 10.2 Å². The smallest absolute Gasteiger partial charge is 0.376 e. The average molecular weight is 256 g/mol. The van der Waals surface area contributed by atoms with Crippen LogP contribution in [0.1, 0.15) is 26.7 Å². The Morgan fingerprint density at radius 2 is 1.78 bits per heavy atom. The minimum Gasteiger partial charge on any atom is -0.376 e. The lowest BCUT2D eigenvalue weighted by atomic mass is 9.96. The van der Waals surface area contributed by atoms with Gasteiger partial charge in [0.15, 0.2) is 0 Å². The molecular weight excluding hydrogens is 236 g/mol. The molecule has 1 fully saturated rings. The second-order valence-corrected chi connectivity index (χ2v) is 4.71. The van der Waals surface area contributed by atoms with Gasteiger partial charge in [-0.1, -0.05) is 13.8 Å². The SMILES string of the molecule is CNC(=O)OC(=O)C1CCN(C(=O)C(C)C)CC1. The van der Waals surface area contributed by atoms with Gasteiger partial charge < -0.3 is 15.0 Å². The van der Waals surface area contributed by atoms with E-state index in [2.05, 4.69) is 10.1 Å². The first-order valence-electron chi connectivity index (χ1n) is 6.18. The molecule has 0 radical (unpaired) electrons. The van der Waals surface area contributed by atoms with E-state index >= 15 is 0 Å². The van der Waals surface area contributed by atoms with Crippen molar-refractivity contribution in [2.45, 2.75) is 26.7 Å². The molecule has 18 heavy (non-hydrogen) atoms. The highest BCUT2D eigenvalue weighted by Gasteiger charge is 2.30. The Morgan fingerprint density at radius 1 is 1.22 bits per heavy atom. The molecule has 6 nitrogen and oxygen atoms in total. The average Bonchev–Trinajstić information content (AvgIpc) is 2.37. The largest absolute Gasteiger partial charge is 0.414 e. The molecular formula is C12H20N2O4. The van der Waals surface area contributed by atoms with E-state index in [4.69, 9.17) is 0 Å². The van der Waals surface area contributed by atoms with Crippen molar-refractivity contribution < 1.29 is 19.1 Å². The van der Waals surface area contributed by atoms with Crippen LogP contribution in [0, 0.1) is 11.8 Å². The second kappa shape index (κ2) is 6.37. The molecule has 0 bridgehead atoms. The molecule has 0 aliphatic carbocycles. The first-order valence-corrected chi connectivity index (χ1v) is 6.18. The van der Waals surface area contributed by atoms with Crippen molar-refractivity contribution in [3.8, 4) is 0 Å². The summed E-state index contributed by atoms with van der Waals surface area (Å²) < 4.78 is 4.59. The Hall–Kier alpha value is -1.59. The zero-order valence-electron chi connectivity index (χ0n) is 11.1. The van der Waals surface area contributed by atoms with Crippen molar-refractivity contribution >= 4 is 18.0 Å². The van der Waals surface area contributed by atoms with Gasteiger partial charge >= 0.3 is 12.1 Å². The highest BCUT2D eigenvalue weighted by atomic mass is 16.6. The summed E-state index contributed by atoms with van der Waals surface area (Å²) in [5, 5.41) is 2.23. The highest BCUT2D eigenvalue weighted by Crippen LogP contribution is 2.20. The fourth-order valence-electron chi connectivity index (χ4n) is 1.93. The third kappa shape index (κ3) is 3.72. The van der Waals surface area contributed by atoms with Crippen molar-refractivity contribution in [2.24, 2.45) is 11.8 Å². The van der Waals surface area contributed by atoms with Gasteiger partial charge in [-0.3, -0.25) is 9.59 Å². The Labute approximate surface area is 107 Å². The number of likely N-dealkylation sites (tertiary alicyclic amines) is 1. The Morgan fingerprint density at radius 3 is 2.22 bits per heavy atom. The molecule has 6 heteroatoms. The Bertz CT molecular complexity index is 333. The molecule has 1 N–H and O–H groups in total. The number of nitrogens with one attached hydrogen (secondary N) is 1. The molecule has 1 aliphatic heterocycles. The molecule has 1 heterocycles. The fraction of sp³-hybridized carbons (Fsp3) is 0.750. The maximum Gasteiger partial charge on any atom is 0.414 e. The maximum atomic E-state index is 11.7. The maximum absolute atomic E-state index is 11.7. The van der Waals surface area contributed by atoms with E-state index in [1.165, 1.54) is 7.05 Å². The van der Waals surface area contributed by atoms with E-state index in [-0.39, 0.29) is 17.7 Å². The third-order valence-electron chi connectivity index (χ3n) is 3.03. The summed E-state index contributed by atoms with van der Waals surface area (Å²) in [4.78, 5) is 36.0. The number of hydrogen-bond acceptors (Lipinski definition) is 4. The van der Waals surface area contributed by atoms with Crippen LogP contribution in [-0.4, -0.2) is 43.0 Å². The first-order chi connectivity index (χ1) is 8.45. The van der Waals surface area contributed by atoms with Gasteiger partial charge in [-0.2, -0.15) is 0 Å². The summed E-state index contributed by atoms with van der Waals surface area (Å²) >= 11 is 0. The second-order valence-electron chi connectivity index (χ2n) is 4.71. The van der Waals surface area contributed by atoms with Crippen LogP contribution in [0.2, 0.25) is 0 Å². The number of carbonyl (C=O) groups is 3. The van der Waals surface area contributed by atoms with Gasteiger partial charge in [-0.05, 0) is 12.8 Å². The van der Waals surface area contributed by atoms with Crippen LogP contribution in [0.15, 0.2) is 0 Å². The van der Waals surface area contributed by atoms with E-state index in [1.807, 2.05) is 13.8 Å². The molecule has 0 aromatic rings. The van der Waals surface area contributed by atoms with E-state index in [1.54, 1.807) is 4.90 Å². The molecule has 0 unspecified atom stereocenters.